The summed E-state index contributed by atoms with van der Waals surface area (Å²) in [5.74, 6) is 0. The number of rotatable bonds is 5. The van der Waals surface area contributed by atoms with E-state index in [1.54, 1.807) is 41.1 Å². The Morgan fingerprint density at radius 3 is 2.60 bits per heavy atom. The van der Waals surface area contributed by atoms with Crippen LogP contribution in [-0.4, -0.2) is 13.0 Å². The molecule has 0 spiro atoms. The van der Waals surface area contributed by atoms with Gasteiger partial charge in [0.15, 0.2) is 0 Å². The van der Waals surface area contributed by atoms with Crippen LogP contribution in [0.25, 0.3) is 0 Å². The SMILES string of the molecule is CCn1cc(S(=O)(=O)Nc2ccccc2Cl)cc1CN. The maximum absolute atomic E-state index is 12.3. The van der Waals surface area contributed by atoms with Gasteiger partial charge in [0.2, 0.25) is 0 Å². The molecule has 0 aliphatic heterocycles. The third kappa shape index (κ3) is 2.98. The lowest BCUT2D eigenvalue weighted by molar-refractivity contribution is 0.600. The van der Waals surface area contributed by atoms with Crippen LogP contribution in [0.4, 0.5) is 5.69 Å². The molecule has 2 aromatic rings. The summed E-state index contributed by atoms with van der Waals surface area (Å²) < 4.78 is 28.9. The molecule has 0 unspecified atom stereocenters. The molecular formula is C13H16ClN3O2S. The Balaban J connectivity index is 2.36. The van der Waals surface area contributed by atoms with Crippen molar-refractivity contribution in [2.75, 3.05) is 4.72 Å². The first-order valence-electron chi connectivity index (χ1n) is 6.14. The Morgan fingerprint density at radius 1 is 1.35 bits per heavy atom. The van der Waals surface area contributed by atoms with E-state index >= 15 is 0 Å². The number of hydrogen-bond acceptors (Lipinski definition) is 3. The highest BCUT2D eigenvalue weighted by Gasteiger charge is 2.18. The van der Waals surface area contributed by atoms with E-state index in [4.69, 9.17) is 17.3 Å². The molecule has 0 saturated carbocycles. The summed E-state index contributed by atoms with van der Waals surface area (Å²) in [6.45, 7) is 2.88. The zero-order chi connectivity index (χ0) is 14.8. The van der Waals surface area contributed by atoms with Gasteiger partial charge in [0.25, 0.3) is 10.0 Å². The van der Waals surface area contributed by atoms with Crippen LogP contribution in [-0.2, 0) is 23.1 Å². The van der Waals surface area contributed by atoms with Crippen molar-refractivity contribution >= 4 is 27.3 Å². The number of benzene rings is 1. The molecule has 0 saturated heterocycles. The number of aromatic nitrogens is 1. The van der Waals surface area contributed by atoms with Gasteiger partial charge in [0, 0.05) is 25.0 Å². The van der Waals surface area contributed by atoms with Crippen molar-refractivity contribution < 1.29 is 8.42 Å². The number of halogens is 1. The molecule has 0 amide bonds. The van der Waals surface area contributed by atoms with Gasteiger partial charge in [-0.15, -0.1) is 0 Å². The molecule has 0 radical (unpaired) electrons. The molecule has 5 nitrogen and oxygen atoms in total. The zero-order valence-corrected chi connectivity index (χ0v) is 12.6. The molecule has 0 aliphatic rings. The molecule has 1 aromatic carbocycles. The highest BCUT2D eigenvalue weighted by molar-refractivity contribution is 7.92. The molecular weight excluding hydrogens is 298 g/mol. The second kappa shape index (κ2) is 5.87. The summed E-state index contributed by atoms with van der Waals surface area (Å²) in [5.41, 5.74) is 6.73. The van der Waals surface area contributed by atoms with Gasteiger partial charge in [-0.25, -0.2) is 8.42 Å². The molecule has 1 heterocycles. The van der Waals surface area contributed by atoms with Crippen LogP contribution < -0.4 is 10.5 Å². The van der Waals surface area contributed by atoms with Gasteiger partial charge in [-0.3, -0.25) is 4.72 Å². The second-order valence-corrected chi connectivity index (χ2v) is 6.33. The van der Waals surface area contributed by atoms with Crippen molar-refractivity contribution in [1.82, 2.24) is 4.57 Å². The fourth-order valence-corrected chi connectivity index (χ4v) is 3.27. The van der Waals surface area contributed by atoms with Crippen molar-refractivity contribution in [2.24, 2.45) is 5.73 Å². The van der Waals surface area contributed by atoms with Crippen LogP contribution in [0.3, 0.4) is 0 Å². The van der Waals surface area contributed by atoms with E-state index in [1.165, 1.54) is 0 Å². The largest absolute Gasteiger partial charge is 0.349 e. The number of para-hydroxylation sites is 1. The van der Waals surface area contributed by atoms with E-state index in [2.05, 4.69) is 4.72 Å². The number of aryl methyl sites for hydroxylation is 1. The summed E-state index contributed by atoms with van der Waals surface area (Å²) in [4.78, 5) is 0.180. The van der Waals surface area contributed by atoms with Crippen LogP contribution in [0.1, 0.15) is 12.6 Å². The van der Waals surface area contributed by atoms with E-state index < -0.39 is 10.0 Å². The van der Waals surface area contributed by atoms with Gasteiger partial charge >= 0.3 is 0 Å². The van der Waals surface area contributed by atoms with Crippen molar-refractivity contribution in [1.29, 1.82) is 0 Å². The lowest BCUT2D eigenvalue weighted by Crippen LogP contribution is -2.12. The van der Waals surface area contributed by atoms with Gasteiger partial charge in [-0.2, -0.15) is 0 Å². The molecule has 2 rings (SSSR count). The van der Waals surface area contributed by atoms with E-state index in [-0.39, 0.29) is 11.4 Å². The Kier molecular flexibility index (Phi) is 4.37. The van der Waals surface area contributed by atoms with Gasteiger partial charge in [-0.05, 0) is 25.1 Å². The first kappa shape index (κ1) is 14.9. The van der Waals surface area contributed by atoms with Crippen LogP contribution in [0.2, 0.25) is 5.02 Å². The fraction of sp³-hybridized carbons (Fsp3) is 0.231. The minimum atomic E-state index is -3.67. The van der Waals surface area contributed by atoms with Crippen molar-refractivity contribution in [3.63, 3.8) is 0 Å². The van der Waals surface area contributed by atoms with Crippen molar-refractivity contribution in [3.05, 3.63) is 47.2 Å². The maximum Gasteiger partial charge on any atom is 0.263 e. The van der Waals surface area contributed by atoms with Crippen LogP contribution in [0.15, 0.2) is 41.4 Å². The van der Waals surface area contributed by atoms with E-state index in [0.29, 0.717) is 17.3 Å². The van der Waals surface area contributed by atoms with E-state index in [0.717, 1.165) is 5.69 Å². The van der Waals surface area contributed by atoms with Crippen LogP contribution in [0.5, 0.6) is 0 Å². The number of anilines is 1. The smallest absolute Gasteiger partial charge is 0.263 e. The quantitative estimate of drug-likeness (QED) is 0.890. The van der Waals surface area contributed by atoms with Crippen molar-refractivity contribution in [2.45, 2.75) is 24.9 Å². The number of nitrogens with one attached hydrogen (secondary N) is 1. The minimum absolute atomic E-state index is 0.180. The van der Waals surface area contributed by atoms with Gasteiger partial charge in [0.05, 0.1) is 10.7 Å². The first-order valence-corrected chi connectivity index (χ1v) is 8.00. The Morgan fingerprint density at radius 2 is 2.05 bits per heavy atom. The number of nitrogens with two attached hydrogens (primary N) is 1. The topological polar surface area (TPSA) is 77.1 Å². The average molecular weight is 314 g/mol. The van der Waals surface area contributed by atoms with E-state index in [1.807, 2.05) is 6.92 Å². The van der Waals surface area contributed by atoms with Crippen molar-refractivity contribution in [3.8, 4) is 0 Å². The van der Waals surface area contributed by atoms with Gasteiger partial charge in [0.1, 0.15) is 4.90 Å². The Bertz CT molecular complexity index is 689. The molecule has 20 heavy (non-hydrogen) atoms. The minimum Gasteiger partial charge on any atom is -0.349 e. The molecule has 108 valence electrons. The molecule has 0 bridgehead atoms. The monoisotopic (exact) mass is 313 g/mol. The summed E-state index contributed by atoms with van der Waals surface area (Å²) >= 11 is 5.96. The second-order valence-electron chi connectivity index (χ2n) is 4.24. The molecule has 3 N–H and O–H groups in total. The highest BCUT2D eigenvalue weighted by atomic mass is 35.5. The molecule has 0 atom stereocenters. The van der Waals surface area contributed by atoms with Gasteiger partial charge in [-0.1, -0.05) is 23.7 Å². The zero-order valence-electron chi connectivity index (χ0n) is 11.0. The summed E-state index contributed by atoms with van der Waals surface area (Å²) in [6.07, 6.45) is 1.57. The normalized spacial score (nSPS) is 11.6. The number of sulfonamides is 1. The lowest BCUT2D eigenvalue weighted by Gasteiger charge is -2.07. The van der Waals surface area contributed by atoms with Crippen LogP contribution >= 0.6 is 11.6 Å². The first-order chi connectivity index (χ1) is 9.47. The number of hydrogen-bond donors (Lipinski definition) is 2. The van der Waals surface area contributed by atoms with E-state index in [9.17, 15) is 8.42 Å². The predicted octanol–water partition coefficient (Wildman–Crippen LogP) is 2.42. The lowest BCUT2D eigenvalue weighted by atomic mass is 10.3. The third-order valence-electron chi connectivity index (χ3n) is 2.94. The van der Waals surface area contributed by atoms with Gasteiger partial charge < -0.3 is 10.3 Å². The standard InChI is InChI=1S/C13H16ClN3O2S/c1-2-17-9-11(7-10(17)8-15)20(18,19)16-13-6-4-3-5-12(13)14/h3-7,9,16H,2,8,15H2,1H3. The fourth-order valence-electron chi connectivity index (χ4n) is 1.89. The summed E-state index contributed by atoms with van der Waals surface area (Å²) in [7, 11) is -3.67. The molecule has 0 fully saturated rings. The maximum atomic E-state index is 12.3. The number of nitrogens with zero attached hydrogens (tertiary/aromatic N) is 1. The highest BCUT2D eigenvalue weighted by Crippen LogP contribution is 2.24. The summed E-state index contributed by atoms with van der Waals surface area (Å²) in [5, 5.41) is 0.352. The predicted molar refractivity (Wildman–Crippen MR) is 80.3 cm³/mol. The molecule has 0 aliphatic carbocycles. The van der Waals surface area contributed by atoms with Crippen LogP contribution in [0, 0.1) is 0 Å². The Labute approximate surface area is 123 Å². The molecule has 7 heteroatoms. The Hall–Kier alpha value is -1.50. The molecule has 1 aromatic heterocycles. The average Bonchev–Trinajstić information content (AvgIpc) is 2.85. The third-order valence-corrected chi connectivity index (χ3v) is 4.60. The summed E-state index contributed by atoms with van der Waals surface area (Å²) in [6, 6.07) is 8.26.